The molecule has 3 nitrogen and oxygen atoms in total. The number of aliphatic hydroxyl groups is 1. The van der Waals surface area contributed by atoms with Gasteiger partial charge in [-0.25, -0.2) is 4.98 Å². The fourth-order valence-electron chi connectivity index (χ4n) is 1.22. The molecule has 2 rings (SSSR count). The summed E-state index contributed by atoms with van der Waals surface area (Å²) in [7, 11) is 0. The summed E-state index contributed by atoms with van der Waals surface area (Å²) in [5.74, 6) is 5.52. The lowest BCUT2D eigenvalue weighted by molar-refractivity contribution is 0.350. The standard InChI is InChI=1S/C11H10N2OS/c14-7-1-2-10-3-4-11(15-10)8-13-6-5-12-9-13/h3-6,9,14H,7-8H2. The Labute approximate surface area is 92.0 Å². The Morgan fingerprint density at radius 1 is 1.47 bits per heavy atom. The maximum absolute atomic E-state index is 8.56. The van der Waals surface area contributed by atoms with Crippen LogP contribution in [0.5, 0.6) is 0 Å². The maximum Gasteiger partial charge on any atom is 0.104 e. The van der Waals surface area contributed by atoms with Crippen LogP contribution in [0.2, 0.25) is 0 Å². The van der Waals surface area contributed by atoms with Crippen molar-refractivity contribution in [2.24, 2.45) is 0 Å². The second-order valence-corrected chi connectivity index (χ2v) is 4.13. The Morgan fingerprint density at radius 2 is 2.40 bits per heavy atom. The van der Waals surface area contributed by atoms with Gasteiger partial charge < -0.3 is 9.67 Å². The van der Waals surface area contributed by atoms with Gasteiger partial charge in [-0.2, -0.15) is 0 Å². The van der Waals surface area contributed by atoms with Crippen LogP contribution in [-0.2, 0) is 6.54 Å². The van der Waals surface area contributed by atoms with Crippen LogP contribution in [0.4, 0.5) is 0 Å². The summed E-state index contributed by atoms with van der Waals surface area (Å²) in [5, 5.41) is 8.56. The van der Waals surface area contributed by atoms with E-state index in [4.69, 9.17) is 5.11 Å². The number of thiophene rings is 1. The van der Waals surface area contributed by atoms with E-state index < -0.39 is 0 Å². The average molecular weight is 218 g/mol. The molecule has 0 aromatic carbocycles. The predicted octanol–water partition coefficient (Wildman–Crippen LogP) is 1.34. The molecule has 0 amide bonds. The van der Waals surface area contributed by atoms with Crippen LogP contribution in [0.1, 0.15) is 9.75 Å². The number of nitrogens with zero attached hydrogens (tertiary/aromatic N) is 2. The Balaban J connectivity index is 2.07. The van der Waals surface area contributed by atoms with Gasteiger partial charge in [-0.05, 0) is 12.1 Å². The van der Waals surface area contributed by atoms with Crippen LogP contribution in [0.25, 0.3) is 0 Å². The van der Waals surface area contributed by atoms with Crippen molar-refractivity contribution in [3.05, 3.63) is 40.6 Å². The number of aromatic nitrogens is 2. The highest BCUT2D eigenvalue weighted by atomic mass is 32.1. The Kier molecular flexibility index (Phi) is 3.18. The molecule has 2 aromatic rings. The van der Waals surface area contributed by atoms with E-state index in [2.05, 4.69) is 16.8 Å². The molecule has 1 N–H and O–H groups in total. The fourth-order valence-corrected chi connectivity index (χ4v) is 2.11. The molecule has 4 heteroatoms. The van der Waals surface area contributed by atoms with E-state index >= 15 is 0 Å². The van der Waals surface area contributed by atoms with Gasteiger partial charge in [0.1, 0.15) is 6.61 Å². The first-order valence-electron chi connectivity index (χ1n) is 4.52. The van der Waals surface area contributed by atoms with Crippen molar-refractivity contribution in [1.82, 2.24) is 9.55 Å². The molecule has 0 unspecified atom stereocenters. The predicted molar refractivity (Wildman–Crippen MR) is 59.6 cm³/mol. The minimum absolute atomic E-state index is 0.0885. The van der Waals surface area contributed by atoms with Crippen LogP contribution < -0.4 is 0 Å². The quantitative estimate of drug-likeness (QED) is 0.772. The molecule has 0 saturated heterocycles. The van der Waals surface area contributed by atoms with E-state index in [1.165, 1.54) is 4.88 Å². The molecule has 0 aliphatic heterocycles. The molecule has 0 fully saturated rings. The number of rotatable bonds is 2. The molecular formula is C11H10N2OS. The summed E-state index contributed by atoms with van der Waals surface area (Å²) in [5.41, 5.74) is 0. The first-order chi connectivity index (χ1) is 7.38. The van der Waals surface area contributed by atoms with E-state index in [9.17, 15) is 0 Å². The van der Waals surface area contributed by atoms with E-state index in [0.717, 1.165) is 11.4 Å². The third-order valence-electron chi connectivity index (χ3n) is 1.85. The highest BCUT2D eigenvalue weighted by Crippen LogP contribution is 2.16. The highest BCUT2D eigenvalue weighted by Gasteiger charge is 1.98. The molecule has 2 heterocycles. The SMILES string of the molecule is OCC#Cc1ccc(Cn2ccnc2)s1. The third-order valence-corrected chi connectivity index (χ3v) is 2.84. The topological polar surface area (TPSA) is 38.0 Å². The Morgan fingerprint density at radius 3 is 3.13 bits per heavy atom. The van der Waals surface area contributed by atoms with E-state index in [-0.39, 0.29) is 6.61 Å². The molecule has 2 aromatic heterocycles. The first-order valence-corrected chi connectivity index (χ1v) is 5.34. The van der Waals surface area contributed by atoms with Crippen LogP contribution in [0.15, 0.2) is 30.9 Å². The maximum atomic E-state index is 8.56. The number of hydrogen-bond donors (Lipinski definition) is 1. The lowest BCUT2D eigenvalue weighted by Crippen LogP contribution is -1.92. The van der Waals surface area contributed by atoms with Crippen LogP contribution in [0.3, 0.4) is 0 Å². The molecule has 0 radical (unpaired) electrons. The minimum Gasteiger partial charge on any atom is -0.384 e. The summed E-state index contributed by atoms with van der Waals surface area (Å²) in [6.45, 7) is 0.736. The molecule has 15 heavy (non-hydrogen) atoms. The van der Waals surface area contributed by atoms with Gasteiger partial charge in [-0.15, -0.1) is 11.3 Å². The molecule has 0 bridgehead atoms. The molecule has 0 atom stereocenters. The largest absolute Gasteiger partial charge is 0.384 e. The fraction of sp³-hybridized carbons (Fsp3) is 0.182. The van der Waals surface area contributed by atoms with Crippen molar-refractivity contribution in [2.45, 2.75) is 6.54 Å². The van der Waals surface area contributed by atoms with Crippen LogP contribution >= 0.6 is 11.3 Å². The second-order valence-electron chi connectivity index (χ2n) is 2.96. The van der Waals surface area contributed by atoms with Crippen molar-refractivity contribution < 1.29 is 5.11 Å². The third kappa shape index (κ3) is 2.69. The molecular weight excluding hydrogens is 208 g/mol. The highest BCUT2D eigenvalue weighted by molar-refractivity contribution is 7.12. The number of aliphatic hydroxyl groups excluding tert-OH is 1. The van der Waals surface area contributed by atoms with Gasteiger partial charge in [-0.3, -0.25) is 0 Å². The van der Waals surface area contributed by atoms with Crippen molar-refractivity contribution >= 4 is 11.3 Å². The van der Waals surface area contributed by atoms with Crippen molar-refractivity contribution in [3.8, 4) is 11.8 Å². The van der Waals surface area contributed by atoms with Gasteiger partial charge in [0, 0.05) is 17.3 Å². The minimum atomic E-state index is -0.0885. The Hall–Kier alpha value is -1.57. The first kappa shape index (κ1) is 9.97. The normalized spacial score (nSPS) is 9.67. The molecule has 0 saturated carbocycles. The molecule has 0 aliphatic carbocycles. The Bertz CT molecular complexity index is 476. The van der Waals surface area contributed by atoms with Crippen LogP contribution in [-0.4, -0.2) is 21.3 Å². The monoisotopic (exact) mass is 218 g/mol. The zero-order valence-electron chi connectivity index (χ0n) is 8.05. The number of imidazole rings is 1. The van der Waals surface area contributed by atoms with Gasteiger partial charge in [0.2, 0.25) is 0 Å². The molecule has 0 aliphatic rings. The molecule has 76 valence electrons. The van der Waals surface area contributed by atoms with Gasteiger partial charge in [0.25, 0.3) is 0 Å². The average Bonchev–Trinajstić information content (AvgIpc) is 2.87. The zero-order valence-corrected chi connectivity index (χ0v) is 8.87. The summed E-state index contributed by atoms with van der Waals surface area (Å²) >= 11 is 1.64. The van der Waals surface area contributed by atoms with Gasteiger partial charge >= 0.3 is 0 Å². The van der Waals surface area contributed by atoms with E-state index in [1.807, 2.05) is 22.9 Å². The van der Waals surface area contributed by atoms with Crippen molar-refractivity contribution in [3.63, 3.8) is 0 Å². The summed E-state index contributed by atoms with van der Waals surface area (Å²) in [6.07, 6.45) is 5.48. The van der Waals surface area contributed by atoms with E-state index in [0.29, 0.717) is 0 Å². The lowest BCUT2D eigenvalue weighted by Gasteiger charge is -1.96. The summed E-state index contributed by atoms with van der Waals surface area (Å²) in [6, 6.07) is 4.02. The van der Waals surface area contributed by atoms with Crippen molar-refractivity contribution in [2.75, 3.05) is 6.61 Å². The number of hydrogen-bond acceptors (Lipinski definition) is 3. The lowest BCUT2D eigenvalue weighted by atomic mass is 10.4. The second kappa shape index (κ2) is 4.78. The van der Waals surface area contributed by atoms with E-state index in [1.54, 1.807) is 23.9 Å². The van der Waals surface area contributed by atoms with Crippen molar-refractivity contribution in [1.29, 1.82) is 0 Å². The van der Waals surface area contributed by atoms with Gasteiger partial charge in [0.15, 0.2) is 0 Å². The molecule has 0 spiro atoms. The zero-order chi connectivity index (χ0) is 10.5. The smallest absolute Gasteiger partial charge is 0.104 e. The summed E-state index contributed by atoms with van der Waals surface area (Å²) in [4.78, 5) is 6.20. The van der Waals surface area contributed by atoms with Crippen LogP contribution in [0, 0.1) is 11.8 Å². The summed E-state index contributed by atoms with van der Waals surface area (Å²) < 4.78 is 2.01. The van der Waals surface area contributed by atoms with Gasteiger partial charge in [-0.1, -0.05) is 11.8 Å². The van der Waals surface area contributed by atoms with Gasteiger partial charge in [0.05, 0.1) is 17.7 Å².